The number of carbonyl (C=O) groups is 1. The Labute approximate surface area is 225 Å². The number of amides is 1. The lowest BCUT2D eigenvalue weighted by molar-refractivity contribution is -0.117. The van der Waals surface area contributed by atoms with Crippen molar-refractivity contribution in [2.24, 2.45) is 0 Å². The fourth-order valence-electron chi connectivity index (χ4n) is 5.34. The number of aromatic nitrogens is 4. The fourth-order valence-corrected chi connectivity index (χ4v) is 5.34. The summed E-state index contributed by atoms with van der Waals surface area (Å²) in [5.41, 5.74) is 13.6. The van der Waals surface area contributed by atoms with E-state index < -0.39 is 0 Å². The molecule has 6 rings (SSSR count). The number of carbonyl (C=O) groups excluding carboxylic acids is 1. The van der Waals surface area contributed by atoms with Gasteiger partial charge in [0.2, 0.25) is 11.8 Å². The number of aromatic amines is 1. The number of rotatable bonds is 7. The molecule has 196 valence electrons. The van der Waals surface area contributed by atoms with Crippen LogP contribution < -0.4 is 20.7 Å². The minimum Gasteiger partial charge on any atom is -0.471 e. The summed E-state index contributed by atoms with van der Waals surface area (Å²) in [6.45, 7) is 2.81. The molecular weight excluding hydrogens is 492 g/mol. The number of nitrogen functional groups attached to an aromatic ring is 1. The summed E-state index contributed by atoms with van der Waals surface area (Å²) in [7, 11) is 0. The largest absolute Gasteiger partial charge is 0.471 e. The van der Waals surface area contributed by atoms with Gasteiger partial charge in [0, 0.05) is 25.3 Å². The van der Waals surface area contributed by atoms with E-state index in [1.165, 1.54) is 23.1 Å². The first kappa shape index (κ1) is 24.4. The SMILES string of the molecule is N#C/C(=C\c1cc2c3c(c1)CCCN3CCC2)C(=O)NCc1ccc(COc2nc(N)nc3nc[nH]c23)cc1. The number of imidazole rings is 1. The summed E-state index contributed by atoms with van der Waals surface area (Å²) in [5, 5.41) is 12.6. The Balaban J connectivity index is 1.08. The van der Waals surface area contributed by atoms with Crippen LogP contribution in [0.5, 0.6) is 5.88 Å². The summed E-state index contributed by atoms with van der Waals surface area (Å²) in [4.78, 5) is 30.5. The lowest BCUT2D eigenvalue weighted by atomic mass is 9.89. The molecule has 4 N–H and O–H groups in total. The molecule has 39 heavy (non-hydrogen) atoms. The van der Waals surface area contributed by atoms with Gasteiger partial charge in [0.1, 0.15) is 23.8 Å². The average Bonchev–Trinajstić information content (AvgIpc) is 3.43. The number of H-pyrrole nitrogens is 1. The molecule has 10 nitrogen and oxygen atoms in total. The number of nitrogens with two attached hydrogens (primary N) is 1. The maximum atomic E-state index is 12.8. The fraction of sp³-hybridized carbons (Fsp3) is 0.276. The molecule has 4 heterocycles. The van der Waals surface area contributed by atoms with E-state index in [9.17, 15) is 10.1 Å². The van der Waals surface area contributed by atoms with Crippen molar-refractivity contribution in [1.29, 1.82) is 5.26 Å². The number of nitrogens with zero attached hydrogens (tertiary/aromatic N) is 5. The van der Waals surface area contributed by atoms with E-state index in [1.54, 1.807) is 6.08 Å². The Morgan fingerprint density at radius 1 is 1.13 bits per heavy atom. The third kappa shape index (κ3) is 5.11. The number of aryl methyl sites for hydroxylation is 2. The average molecular weight is 521 g/mol. The summed E-state index contributed by atoms with van der Waals surface area (Å²) in [6.07, 6.45) is 7.57. The molecular formula is C29H28N8O2. The number of nitriles is 1. The monoisotopic (exact) mass is 520 g/mol. The Hall–Kier alpha value is -4.91. The van der Waals surface area contributed by atoms with Crippen molar-refractivity contribution in [1.82, 2.24) is 25.3 Å². The molecule has 0 spiro atoms. The van der Waals surface area contributed by atoms with Crippen LogP contribution in [0.15, 0.2) is 48.3 Å². The van der Waals surface area contributed by atoms with E-state index in [-0.39, 0.29) is 24.0 Å². The highest BCUT2D eigenvalue weighted by atomic mass is 16.5. The van der Waals surface area contributed by atoms with E-state index in [1.807, 2.05) is 24.3 Å². The third-order valence-electron chi connectivity index (χ3n) is 7.15. The van der Waals surface area contributed by atoms with Gasteiger partial charge in [0.05, 0.1) is 6.33 Å². The van der Waals surface area contributed by atoms with Gasteiger partial charge in [-0.05, 0) is 71.7 Å². The second-order valence-electron chi connectivity index (χ2n) is 9.83. The molecule has 2 aromatic heterocycles. The first-order valence-corrected chi connectivity index (χ1v) is 13.1. The number of fused-ring (bicyclic) bond motifs is 1. The molecule has 0 fully saturated rings. The van der Waals surface area contributed by atoms with Gasteiger partial charge in [-0.2, -0.15) is 15.2 Å². The molecule has 0 unspecified atom stereocenters. The maximum absolute atomic E-state index is 12.8. The van der Waals surface area contributed by atoms with Crippen molar-refractivity contribution >= 4 is 34.8 Å². The number of anilines is 2. The van der Waals surface area contributed by atoms with Crippen LogP contribution in [-0.4, -0.2) is 38.9 Å². The molecule has 0 aliphatic carbocycles. The predicted octanol–water partition coefficient (Wildman–Crippen LogP) is 3.44. The van der Waals surface area contributed by atoms with Crippen molar-refractivity contribution in [2.75, 3.05) is 23.7 Å². The van der Waals surface area contributed by atoms with Crippen molar-refractivity contribution in [2.45, 2.75) is 38.8 Å². The zero-order valence-corrected chi connectivity index (χ0v) is 21.4. The molecule has 0 saturated heterocycles. The van der Waals surface area contributed by atoms with Crippen molar-refractivity contribution in [3.8, 4) is 11.9 Å². The van der Waals surface area contributed by atoms with E-state index in [0.29, 0.717) is 23.6 Å². The highest BCUT2D eigenvalue weighted by Gasteiger charge is 2.24. The highest BCUT2D eigenvalue weighted by molar-refractivity contribution is 6.01. The van der Waals surface area contributed by atoms with Crippen LogP contribution in [-0.2, 0) is 30.8 Å². The zero-order valence-electron chi connectivity index (χ0n) is 21.4. The number of benzene rings is 2. The molecule has 1 amide bonds. The van der Waals surface area contributed by atoms with Gasteiger partial charge in [0.25, 0.3) is 5.91 Å². The molecule has 0 saturated carbocycles. The van der Waals surface area contributed by atoms with Gasteiger partial charge < -0.3 is 25.7 Å². The van der Waals surface area contributed by atoms with E-state index in [0.717, 1.165) is 55.5 Å². The number of ether oxygens (including phenoxy) is 1. The van der Waals surface area contributed by atoms with Gasteiger partial charge >= 0.3 is 0 Å². The van der Waals surface area contributed by atoms with Gasteiger partial charge in [0.15, 0.2) is 5.65 Å². The predicted molar refractivity (Wildman–Crippen MR) is 148 cm³/mol. The summed E-state index contributed by atoms with van der Waals surface area (Å²) < 4.78 is 5.83. The second kappa shape index (κ2) is 10.5. The molecule has 4 aromatic rings. The molecule has 10 heteroatoms. The smallest absolute Gasteiger partial charge is 0.262 e. The molecule has 0 radical (unpaired) electrons. The first-order chi connectivity index (χ1) is 19.1. The molecule has 0 bridgehead atoms. The molecule has 2 aliphatic heterocycles. The van der Waals surface area contributed by atoms with Crippen LogP contribution >= 0.6 is 0 Å². The number of hydrogen-bond acceptors (Lipinski definition) is 8. The van der Waals surface area contributed by atoms with E-state index in [4.69, 9.17) is 10.5 Å². The summed E-state index contributed by atoms with van der Waals surface area (Å²) in [5.74, 6) is 0.0416. The lowest BCUT2D eigenvalue weighted by Crippen LogP contribution is -2.34. The lowest BCUT2D eigenvalue weighted by Gasteiger charge is -2.37. The summed E-state index contributed by atoms with van der Waals surface area (Å²) in [6, 6.07) is 14.0. The van der Waals surface area contributed by atoms with Gasteiger partial charge in [-0.25, -0.2) is 4.98 Å². The maximum Gasteiger partial charge on any atom is 0.262 e. The van der Waals surface area contributed by atoms with Crippen LogP contribution in [0.4, 0.5) is 11.6 Å². The standard InChI is InChI=1S/C29H28N8O2/c30-14-23(13-20-11-21-3-1-9-37-10-2-4-22(12-20)25(21)37)27(38)32-15-18-5-7-19(8-6-18)16-39-28-24-26(34-17-33-24)35-29(31)36-28/h5-8,11-13,17H,1-4,9-10,15-16H2,(H,32,38)(H3,31,33,34,35,36)/b23-13+. The highest BCUT2D eigenvalue weighted by Crippen LogP contribution is 2.36. The molecule has 2 aliphatic rings. The Bertz CT molecular complexity index is 1590. The Morgan fingerprint density at radius 2 is 1.85 bits per heavy atom. The van der Waals surface area contributed by atoms with Crippen LogP contribution in [0.25, 0.3) is 17.2 Å². The third-order valence-corrected chi connectivity index (χ3v) is 7.15. The van der Waals surface area contributed by atoms with Crippen molar-refractivity contribution in [3.05, 3.63) is 76.1 Å². The molecule has 0 atom stereocenters. The minimum absolute atomic E-state index is 0.0920. The van der Waals surface area contributed by atoms with Gasteiger partial charge in [-0.15, -0.1) is 0 Å². The van der Waals surface area contributed by atoms with E-state index >= 15 is 0 Å². The quantitative estimate of drug-likeness (QED) is 0.248. The first-order valence-electron chi connectivity index (χ1n) is 13.1. The van der Waals surface area contributed by atoms with Crippen LogP contribution in [0.1, 0.15) is 40.7 Å². The number of hydrogen-bond donors (Lipinski definition) is 3. The normalized spacial score (nSPS) is 14.5. The van der Waals surface area contributed by atoms with Crippen molar-refractivity contribution in [3.63, 3.8) is 0 Å². The Morgan fingerprint density at radius 3 is 2.56 bits per heavy atom. The molecule has 2 aromatic carbocycles. The van der Waals surface area contributed by atoms with Crippen LogP contribution in [0.2, 0.25) is 0 Å². The van der Waals surface area contributed by atoms with Gasteiger partial charge in [-0.1, -0.05) is 24.3 Å². The van der Waals surface area contributed by atoms with Crippen LogP contribution in [0.3, 0.4) is 0 Å². The summed E-state index contributed by atoms with van der Waals surface area (Å²) >= 11 is 0. The topological polar surface area (TPSA) is 146 Å². The van der Waals surface area contributed by atoms with Crippen molar-refractivity contribution < 1.29 is 9.53 Å². The number of nitrogens with one attached hydrogen (secondary N) is 2. The van der Waals surface area contributed by atoms with Crippen LogP contribution in [0, 0.1) is 11.3 Å². The Kier molecular flexibility index (Phi) is 6.55. The minimum atomic E-state index is -0.386. The zero-order chi connectivity index (χ0) is 26.8. The van der Waals surface area contributed by atoms with E-state index in [2.05, 4.69) is 48.4 Å². The second-order valence-corrected chi connectivity index (χ2v) is 9.83. The van der Waals surface area contributed by atoms with Gasteiger partial charge in [-0.3, -0.25) is 4.79 Å².